The third-order valence-corrected chi connectivity index (χ3v) is 25.7. The summed E-state index contributed by atoms with van der Waals surface area (Å²) in [6.45, 7) is 0. The Balaban J connectivity index is 1.82. The number of nitrogens with zero attached hydrogens (tertiary/aromatic N) is 1. The van der Waals surface area contributed by atoms with Crippen LogP contribution in [0.2, 0.25) is 9.26 Å². The van der Waals surface area contributed by atoms with E-state index >= 15 is 0 Å². The average molecular weight is 561 g/mol. The molecule has 0 bridgehead atoms. The molecular formula is C35H35NZr. The van der Waals surface area contributed by atoms with Crippen molar-refractivity contribution in [1.29, 1.82) is 0 Å². The summed E-state index contributed by atoms with van der Waals surface area (Å²) in [6, 6.07) is 40.8. The van der Waals surface area contributed by atoms with Crippen LogP contribution in [0.1, 0.15) is 32.3 Å². The normalized spacial score (nSPS) is 15.1. The van der Waals surface area contributed by atoms with E-state index in [-0.39, 0.29) is 0 Å². The monoisotopic (exact) mass is 559 g/mol. The third kappa shape index (κ3) is 3.72. The van der Waals surface area contributed by atoms with Crippen molar-refractivity contribution < 1.29 is 18.3 Å². The zero-order valence-electron chi connectivity index (χ0n) is 22.3. The van der Waals surface area contributed by atoms with Crippen LogP contribution in [0.3, 0.4) is 0 Å². The first-order chi connectivity index (χ1) is 17.9. The van der Waals surface area contributed by atoms with E-state index in [0.29, 0.717) is 3.63 Å². The van der Waals surface area contributed by atoms with Crippen LogP contribution in [-0.2, 0) is 18.3 Å². The topological polar surface area (TPSA) is 3.24 Å². The predicted molar refractivity (Wildman–Crippen MR) is 156 cm³/mol. The number of hydrogen-bond acceptors (Lipinski definition) is 1. The van der Waals surface area contributed by atoms with E-state index in [2.05, 4.69) is 150 Å². The zero-order valence-corrected chi connectivity index (χ0v) is 24.7. The number of fused-ring (bicyclic) bond motifs is 3. The van der Waals surface area contributed by atoms with Crippen molar-refractivity contribution in [3.63, 3.8) is 0 Å². The predicted octanol–water partition coefficient (Wildman–Crippen LogP) is 8.54. The molecule has 1 nitrogen and oxygen atoms in total. The summed E-state index contributed by atoms with van der Waals surface area (Å²) in [6.07, 6.45) is 6.01. The maximum absolute atomic E-state index is 4.20. The van der Waals surface area contributed by atoms with Gasteiger partial charge in [0.15, 0.2) is 0 Å². The summed E-state index contributed by atoms with van der Waals surface area (Å²) in [5, 5.41) is 0. The van der Waals surface area contributed by atoms with E-state index in [1.54, 1.807) is 6.49 Å². The van der Waals surface area contributed by atoms with Crippen LogP contribution in [0, 0.1) is 0 Å². The molecule has 0 radical (unpaired) electrons. The van der Waals surface area contributed by atoms with E-state index in [1.807, 2.05) is 0 Å². The molecule has 0 amide bonds. The van der Waals surface area contributed by atoms with Crippen molar-refractivity contribution in [2.24, 2.45) is 0 Å². The third-order valence-electron chi connectivity index (χ3n) is 8.95. The summed E-state index contributed by atoms with van der Waals surface area (Å²) < 4.78 is 9.05. The van der Waals surface area contributed by atoms with E-state index in [4.69, 9.17) is 0 Å². The van der Waals surface area contributed by atoms with Crippen LogP contribution in [0.5, 0.6) is 0 Å². The molecular weight excluding hydrogens is 526 g/mol. The fourth-order valence-electron chi connectivity index (χ4n) is 7.20. The summed E-state index contributed by atoms with van der Waals surface area (Å²) in [4.78, 5) is 2.27. The molecule has 2 aliphatic carbocycles. The first-order valence-corrected chi connectivity index (χ1v) is 22.1. The molecule has 0 aromatic heterocycles. The summed E-state index contributed by atoms with van der Waals surface area (Å²) in [7, 11) is 4.33. The van der Waals surface area contributed by atoms with Gasteiger partial charge < -0.3 is 0 Å². The second-order valence-corrected chi connectivity index (χ2v) is 28.1. The van der Waals surface area contributed by atoms with Crippen LogP contribution < -0.4 is 0 Å². The average Bonchev–Trinajstić information content (AvgIpc) is 3.55. The van der Waals surface area contributed by atoms with Crippen LogP contribution in [0.15, 0.2) is 130 Å². The zero-order chi connectivity index (χ0) is 25.6. The molecule has 2 aliphatic rings. The minimum atomic E-state index is -4.20. The number of likely N-dealkylation sites (N-methyl/N-ethyl adjacent to an activating group) is 1. The van der Waals surface area contributed by atoms with Gasteiger partial charge in [0.05, 0.1) is 0 Å². The van der Waals surface area contributed by atoms with Gasteiger partial charge >= 0.3 is 224 Å². The first-order valence-electron chi connectivity index (χ1n) is 13.3. The Morgan fingerprint density at radius 1 is 0.649 bits per heavy atom. The quantitative estimate of drug-likeness (QED) is 0.236. The van der Waals surface area contributed by atoms with Gasteiger partial charge in [-0.25, -0.2) is 0 Å². The van der Waals surface area contributed by atoms with Gasteiger partial charge in [0.1, 0.15) is 0 Å². The van der Waals surface area contributed by atoms with Gasteiger partial charge in [-0.05, 0) is 0 Å². The molecule has 0 fully saturated rings. The number of benzene rings is 4. The Bertz CT molecular complexity index is 1530. The minimum absolute atomic E-state index is 0.366. The Hall–Kier alpha value is -3.09. The standard InChI is InChI=1S/C13H9.C13H10.C7H10N.2CH3.Zr/c1-3-7-12-10(5-1)9-11-6-2-4-8-13(11)12;1-3-7-12(8-4-1)11-13-9-5-2-6-10-13;1-8(2)7-5-3-4-6-7;;;/h1-9H;1-10H;5-6H,3H2,1-2H3;2*1H3;. The number of hydrogen-bond donors (Lipinski definition) is 0. The fraction of sp³-hybridized carbons (Fsp3) is 0.171. The molecule has 37 heavy (non-hydrogen) atoms. The second-order valence-electron chi connectivity index (χ2n) is 11.6. The van der Waals surface area contributed by atoms with Crippen molar-refractivity contribution in [3.8, 4) is 11.1 Å². The van der Waals surface area contributed by atoms with Gasteiger partial charge in [-0.2, -0.15) is 0 Å². The van der Waals surface area contributed by atoms with Crippen LogP contribution in [0.4, 0.5) is 0 Å². The van der Waals surface area contributed by atoms with Gasteiger partial charge in [-0.1, -0.05) is 0 Å². The maximum atomic E-state index is 2.72. The molecule has 4 aromatic carbocycles. The molecule has 0 heterocycles. The summed E-state index contributed by atoms with van der Waals surface area (Å²) >= 11 is -4.20. The number of rotatable bonds is 5. The Kier molecular flexibility index (Phi) is 5.92. The van der Waals surface area contributed by atoms with Crippen LogP contribution >= 0.6 is 0 Å². The Morgan fingerprint density at radius 3 is 1.57 bits per heavy atom. The van der Waals surface area contributed by atoms with Gasteiger partial charge in [-0.15, -0.1) is 0 Å². The molecule has 4 aromatic rings. The van der Waals surface area contributed by atoms with E-state index < -0.39 is 18.3 Å². The van der Waals surface area contributed by atoms with Crippen molar-refractivity contribution in [2.75, 3.05) is 14.1 Å². The SMILES string of the molecule is CN(C)C1=CC[C]([Zr]([CH3])([CH3])(=[C](c2ccccc2)c2ccccc2)[CH]2c3ccccc3-c3ccccc32)=C1. The van der Waals surface area contributed by atoms with Crippen LogP contribution in [0.25, 0.3) is 11.1 Å². The molecule has 0 saturated carbocycles. The second kappa shape index (κ2) is 9.03. The summed E-state index contributed by atoms with van der Waals surface area (Å²) in [5.41, 5.74) is 9.89. The van der Waals surface area contributed by atoms with Crippen LogP contribution in [-0.4, -0.2) is 22.2 Å². The van der Waals surface area contributed by atoms with Crippen molar-refractivity contribution in [1.82, 2.24) is 4.90 Å². The molecule has 0 saturated heterocycles. The number of allylic oxidation sites excluding steroid dienone is 3. The van der Waals surface area contributed by atoms with Gasteiger partial charge in [0.25, 0.3) is 0 Å². The molecule has 184 valence electrons. The molecule has 0 spiro atoms. The van der Waals surface area contributed by atoms with Gasteiger partial charge in [0.2, 0.25) is 0 Å². The molecule has 6 rings (SSSR count). The first kappa shape index (κ1) is 24.3. The Labute approximate surface area is 222 Å². The molecule has 0 atom stereocenters. The summed E-state index contributed by atoms with van der Waals surface area (Å²) in [5.74, 6) is 0. The van der Waals surface area contributed by atoms with Crippen molar-refractivity contribution >= 4 is 3.21 Å². The van der Waals surface area contributed by atoms with Gasteiger partial charge in [-0.3, -0.25) is 0 Å². The van der Waals surface area contributed by atoms with Gasteiger partial charge in [0, 0.05) is 0 Å². The van der Waals surface area contributed by atoms with E-state index in [9.17, 15) is 0 Å². The molecule has 0 aliphatic heterocycles. The fourth-order valence-corrected chi connectivity index (χ4v) is 23.9. The van der Waals surface area contributed by atoms with E-state index in [1.165, 1.54) is 39.1 Å². The van der Waals surface area contributed by atoms with Crippen molar-refractivity contribution in [2.45, 2.75) is 19.3 Å². The van der Waals surface area contributed by atoms with E-state index in [0.717, 1.165) is 6.42 Å². The molecule has 0 unspecified atom stereocenters. The molecule has 0 N–H and O–H groups in total. The molecule has 2 heteroatoms. The van der Waals surface area contributed by atoms with Crippen molar-refractivity contribution in [3.05, 3.63) is 153 Å². The Morgan fingerprint density at radius 2 is 1.11 bits per heavy atom.